The Morgan fingerprint density at radius 2 is 1.70 bits per heavy atom. The second kappa shape index (κ2) is 5.50. The summed E-state index contributed by atoms with van der Waals surface area (Å²) in [7, 11) is 0. The molecule has 6 heteroatoms. The van der Waals surface area contributed by atoms with Crippen LogP contribution in [0, 0.1) is 11.8 Å². The maximum absolute atomic E-state index is 13.4. The number of amides is 3. The molecule has 0 saturated carbocycles. The quantitative estimate of drug-likeness (QED) is 0.768. The Morgan fingerprint density at radius 3 is 2.48 bits per heavy atom. The predicted octanol–water partition coefficient (Wildman–Crippen LogP) is 0.601. The first-order valence-corrected chi connectivity index (χ1v) is 9.20. The Labute approximate surface area is 156 Å². The summed E-state index contributed by atoms with van der Waals surface area (Å²) < 4.78 is 0. The van der Waals surface area contributed by atoms with Gasteiger partial charge in [-0.2, -0.15) is 0 Å². The van der Waals surface area contributed by atoms with Crippen LogP contribution < -0.4 is 10.6 Å². The van der Waals surface area contributed by atoms with Crippen LogP contribution in [0.2, 0.25) is 0 Å². The zero-order valence-corrected chi connectivity index (χ0v) is 14.9. The van der Waals surface area contributed by atoms with Crippen molar-refractivity contribution in [1.82, 2.24) is 4.90 Å². The summed E-state index contributed by atoms with van der Waals surface area (Å²) in [5.74, 6) is -1.79. The molecule has 0 unspecified atom stereocenters. The van der Waals surface area contributed by atoms with E-state index in [4.69, 9.17) is 0 Å². The van der Waals surface area contributed by atoms with Gasteiger partial charge in [0.2, 0.25) is 17.4 Å². The van der Waals surface area contributed by atoms with Crippen LogP contribution in [0.15, 0.2) is 54.6 Å². The van der Waals surface area contributed by atoms with E-state index in [0.29, 0.717) is 0 Å². The number of nitrogens with two attached hydrogens (primary N) is 1. The zero-order chi connectivity index (χ0) is 18.8. The number of anilines is 1. The molecule has 1 spiro atoms. The van der Waals surface area contributed by atoms with E-state index in [-0.39, 0.29) is 30.3 Å². The number of hydrogen-bond acceptors (Lipinski definition) is 3. The van der Waals surface area contributed by atoms with Crippen LogP contribution in [0.25, 0.3) is 0 Å². The third-order valence-electron chi connectivity index (χ3n) is 6.21. The number of benzene rings is 2. The molecule has 3 N–H and O–H groups in total. The van der Waals surface area contributed by atoms with Crippen molar-refractivity contribution < 1.29 is 19.7 Å². The van der Waals surface area contributed by atoms with Gasteiger partial charge in [0.25, 0.3) is 5.91 Å². The molecule has 3 amide bonds. The summed E-state index contributed by atoms with van der Waals surface area (Å²) in [6.45, 7) is 2.18. The van der Waals surface area contributed by atoms with Crippen molar-refractivity contribution in [3.05, 3.63) is 65.7 Å². The molecule has 3 aliphatic rings. The number of fused-ring (bicyclic) bond motifs is 4. The number of nitrogens with one attached hydrogen (secondary N) is 1. The fraction of sp³-hybridized carbons (Fsp3) is 0.286. The maximum atomic E-state index is 13.4. The first kappa shape index (κ1) is 16.2. The minimum atomic E-state index is -1.06. The average molecular weight is 362 g/mol. The van der Waals surface area contributed by atoms with E-state index in [1.165, 1.54) is 4.90 Å². The van der Waals surface area contributed by atoms with Gasteiger partial charge in [0.05, 0.1) is 18.3 Å². The van der Waals surface area contributed by atoms with Crippen LogP contribution in [0.4, 0.5) is 5.69 Å². The Bertz CT molecular complexity index is 974. The number of carbonyl (C=O) groups is 3. The first-order valence-electron chi connectivity index (χ1n) is 9.20. The van der Waals surface area contributed by atoms with Crippen molar-refractivity contribution in [3.8, 4) is 0 Å². The summed E-state index contributed by atoms with van der Waals surface area (Å²) in [5.41, 5.74) is 1.38. The third-order valence-corrected chi connectivity index (χ3v) is 6.21. The SMILES string of the molecule is C[C@H]1[NH2+][C@]2(C(=O)Nc3ccccc32)[C@H]2C(=O)N(Cc3ccccc3)C(=O)[C@H]12. The van der Waals surface area contributed by atoms with Gasteiger partial charge < -0.3 is 10.6 Å². The smallest absolute Gasteiger partial charge is 0.291 e. The number of rotatable bonds is 2. The third kappa shape index (κ3) is 2.01. The van der Waals surface area contributed by atoms with Gasteiger partial charge >= 0.3 is 0 Å². The minimum Gasteiger partial charge on any atom is -0.326 e. The molecular weight excluding hydrogens is 342 g/mol. The lowest BCUT2D eigenvalue weighted by molar-refractivity contribution is -0.730. The topological polar surface area (TPSA) is 83.1 Å². The minimum absolute atomic E-state index is 0.149. The highest BCUT2D eigenvalue weighted by molar-refractivity contribution is 6.13. The van der Waals surface area contributed by atoms with E-state index in [9.17, 15) is 14.4 Å². The van der Waals surface area contributed by atoms with Gasteiger partial charge in [0, 0.05) is 5.56 Å². The molecule has 27 heavy (non-hydrogen) atoms. The fourth-order valence-corrected chi connectivity index (χ4v) is 5.08. The second-order valence-corrected chi connectivity index (χ2v) is 7.65. The largest absolute Gasteiger partial charge is 0.326 e. The van der Waals surface area contributed by atoms with E-state index in [1.807, 2.05) is 66.8 Å². The highest BCUT2D eigenvalue weighted by Crippen LogP contribution is 2.48. The van der Waals surface area contributed by atoms with E-state index < -0.39 is 17.4 Å². The number of nitrogens with zero attached hydrogens (tertiary/aromatic N) is 1. The highest BCUT2D eigenvalue weighted by Gasteiger charge is 2.73. The summed E-state index contributed by atoms with van der Waals surface area (Å²) in [4.78, 5) is 40.9. The van der Waals surface area contributed by atoms with Crippen molar-refractivity contribution in [2.24, 2.45) is 11.8 Å². The molecule has 5 rings (SSSR count). The molecule has 0 aromatic heterocycles. The van der Waals surface area contributed by atoms with Crippen molar-refractivity contribution in [2.75, 3.05) is 5.32 Å². The average Bonchev–Trinajstić information content (AvgIpc) is 3.23. The van der Waals surface area contributed by atoms with Gasteiger partial charge in [-0.25, -0.2) is 0 Å². The first-order chi connectivity index (χ1) is 13.0. The maximum Gasteiger partial charge on any atom is 0.291 e. The number of imide groups is 1. The molecule has 3 aliphatic heterocycles. The van der Waals surface area contributed by atoms with E-state index in [1.54, 1.807) is 0 Å². The molecule has 2 saturated heterocycles. The molecular formula is C21H20N3O3+. The van der Waals surface area contributed by atoms with Crippen LogP contribution in [-0.2, 0) is 26.5 Å². The Morgan fingerprint density at radius 1 is 1.00 bits per heavy atom. The van der Waals surface area contributed by atoms with E-state index in [2.05, 4.69) is 5.32 Å². The fourth-order valence-electron chi connectivity index (χ4n) is 5.08. The molecule has 2 fully saturated rings. The zero-order valence-electron chi connectivity index (χ0n) is 14.9. The standard InChI is InChI=1S/C21H19N3O3/c1-12-16-17(19(26)24(18(16)25)11-13-7-3-2-4-8-13)21(23-12)14-9-5-6-10-15(14)22-20(21)27/h2-10,12,16-17,23H,11H2,1H3,(H,22,27)/p+1/t12-,16-,17-,21+/m1/s1. The van der Waals surface area contributed by atoms with E-state index in [0.717, 1.165) is 16.8 Å². The summed E-state index contributed by atoms with van der Waals surface area (Å²) in [6, 6.07) is 16.8. The van der Waals surface area contributed by atoms with Gasteiger partial charge in [0.15, 0.2) is 0 Å². The van der Waals surface area contributed by atoms with Gasteiger partial charge in [-0.1, -0.05) is 48.5 Å². The normalized spacial score (nSPS) is 31.4. The predicted molar refractivity (Wildman–Crippen MR) is 97.1 cm³/mol. The van der Waals surface area contributed by atoms with Crippen LogP contribution in [0.1, 0.15) is 18.1 Å². The number of quaternary nitrogens is 1. The Balaban J connectivity index is 1.59. The second-order valence-electron chi connectivity index (χ2n) is 7.65. The summed E-state index contributed by atoms with van der Waals surface area (Å²) in [6.07, 6.45) is 0. The Kier molecular flexibility index (Phi) is 3.30. The van der Waals surface area contributed by atoms with Crippen LogP contribution in [0.5, 0.6) is 0 Å². The lowest BCUT2D eigenvalue weighted by Crippen LogP contribution is -2.98. The summed E-state index contributed by atoms with van der Waals surface area (Å²) >= 11 is 0. The van der Waals surface area contributed by atoms with Gasteiger partial charge in [-0.05, 0) is 18.6 Å². The molecule has 2 aromatic rings. The molecule has 0 bridgehead atoms. The molecule has 0 aliphatic carbocycles. The number of carbonyl (C=O) groups excluding carboxylic acids is 3. The molecule has 3 heterocycles. The van der Waals surface area contributed by atoms with Gasteiger partial charge in [0.1, 0.15) is 11.8 Å². The van der Waals surface area contributed by atoms with Crippen LogP contribution in [0.3, 0.4) is 0 Å². The molecule has 2 aromatic carbocycles. The molecule has 0 radical (unpaired) electrons. The number of likely N-dealkylation sites (tertiary alicyclic amines) is 1. The van der Waals surface area contributed by atoms with Crippen LogP contribution in [-0.4, -0.2) is 28.7 Å². The molecule has 4 atom stereocenters. The van der Waals surface area contributed by atoms with E-state index >= 15 is 0 Å². The lowest BCUT2D eigenvalue weighted by Gasteiger charge is -2.25. The lowest BCUT2D eigenvalue weighted by atomic mass is 9.76. The van der Waals surface area contributed by atoms with Crippen molar-refractivity contribution in [2.45, 2.75) is 25.0 Å². The molecule has 136 valence electrons. The monoisotopic (exact) mass is 362 g/mol. The Hall–Kier alpha value is -2.99. The summed E-state index contributed by atoms with van der Waals surface area (Å²) in [5, 5.41) is 4.83. The van der Waals surface area contributed by atoms with Crippen molar-refractivity contribution in [3.63, 3.8) is 0 Å². The number of para-hydroxylation sites is 1. The number of hydrogen-bond donors (Lipinski definition) is 2. The van der Waals surface area contributed by atoms with Crippen LogP contribution >= 0.6 is 0 Å². The molecule has 6 nitrogen and oxygen atoms in total. The van der Waals surface area contributed by atoms with Gasteiger partial charge in [-0.15, -0.1) is 0 Å². The van der Waals surface area contributed by atoms with Crippen molar-refractivity contribution >= 4 is 23.4 Å². The van der Waals surface area contributed by atoms with Crippen molar-refractivity contribution in [1.29, 1.82) is 0 Å². The van der Waals surface area contributed by atoms with Gasteiger partial charge in [-0.3, -0.25) is 19.3 Å². The highest BCUT2D eigenvalue weighted by atomic mass is 16.2.